The molecule has 1 aromatic heterocycles. The molecule has 2 heterocycles. The van der Waals surface area contributed by atoms with Crippen molar-refractivity contribution in [2.75, 3.05) is 20.1 Å². The molecular formula is C16H20N4O. The summed E-state index contributed by atoms with van der Waals surface area (Å²) >= 11 is 0. The predicted octanol–water partition coefficient (Wildman–Crippen LogP) is 1.70. The van der Waals surface area contributed by atoms with Gasteiger partial charge in [-0.15, -0.1) is 0 Å². The van der Waals surface area contributed by atoms with Crippen LogP contribution >= 0.6 is 0 Å². The van der Waals surface area contributed by atoms with Crippen LogP contribution in [0.15, 0.2) is 42.9 Å². The van der Waals surface area contributed by atoms with Crippen LogP contribution in [0.5, 0.6) is 0 Å². The maximum atomic E-state index is 12.7. The first kappa shape index (κ1) is 13.8. The molecule has 0 unspecified atom stereocenters. The molecule has 1 saturated heterocycles. The number of nitrogens with zero attached hydrogens (tertiary/aromatic N) is 3. The number of imidazole rings is 1. The monoisotopic (exact) mass is 284 g/mol. The Balaban J connectivity index is 1.79. The molecule has 5 nitrogen and oxygen atoms in total. The maximum absolute atomic E-state index is 12.7. The van der Waals surface area contributed by atoms with Crippen molar-refractivity contribution >= 4 is 5.91 Å². The molecule has 0 aliphatic carbocycles. The summed E-state index contributed by atoms with van der Waals surface area (Å²) in [6, 6.07) is 10.4. The van der Waals surface area contributed by atoms with E-state index in [2.05, 4.69) is 10.3 Å². The average Bonchev–Trinajstić information content (AvgIpc) is 3.04. The van der Waals surface area contributed by atoms with E-state index in [4.69, 9.17) is 0 Å². The molecule has 110 valence electrons. The molecule has 1 fully saturated rings. The number of aromatic nitrogens is 2. The van der Waals surface area contributed by atoms with Crippen LogP contribution in [0.25, 0.3) is 5.69 Å². The van der Waals surface area contributed by atoms with Gasteiger partial charge in [-0.05, 0) is 32.0 Å². The minimum Gasteiger partial charge on any atom is -0.337 e. The first-order valence-corrected chi connectivity index (χ1v) is 7.34. The molecule has 2 aromatic rings. The highest BCUT2D eigenvalue weighted by molar-refractivity contribution is 5.93. The van der Waals surface area contributed by atoms with Gasteiger partial charge >= 0.3 is 0 Å². The number of rotatable bonds is 3. The van der Waals surface area contributed by atoms with Crippen molar-refractivity contribution in [2.45, 2.75) is 18.9 Å². The number of carbonyl (C=O) groups excluding carboxylic acids is 1. The smallest absolute Gasteiger partial charge is 0.272 e. The molecule has 1 N–H and O–H groups in total. The van der Waals surface area contributed by atoms with Gasteiger partial charge in [0.2, 0.25) is 0 Å². The van der Waals surface area contributed by atoms with E-state index in [1.54, 1.807) is 12.5 Å². The summed E-state index contributed by atoms with van der Waals surface area (Å²) in [4.78, 5) is 18.8. The van der Waals surface area contributed by atoms with Gasteiger partial charge in [0.15, 0.2) is 0 Å². The topological polar surface area (TPSA) is 50.2 Å². The average molecular weight is 284 g/mol. The van der Waals surface area contributed by atoms with Crippen molar-refractivity contribution in [3.05, 3.63) is 48.5 Å². The number of likely N-dealkylation sites (tertiary alicyclic amines) is 1. The number of amides is 1. The molecule has 0 radical (unpaired) electrons. The van der Waals surface area contributed by atoms with E-state index in [-0.39, 0.29) is 5.91 Å². The Kier molecular flexibility index (Phi) is 4.01. The Labute approximate surface area is 124 Å². The first-order valence-electron chi connectivity index (χ1n) is 7.34. The fourth-order valence-corrected chi connectivity index (χ4v) is 2.78. The highest BCUT2D eigenvalue weighted by Gasteiger charge is 2.25. The molecule has 0 saturated carbocycles. The lowest BCUT2D eigenvalue weighted by molar-refractivity contribution is 0.0699. The standard InChI is InChI=1S/C16H20N4O/c1-17-13-7-9-19(10-8-13)16(21)15-11-18-12-20(15)14-5-3-2-4-6-14/h2-6,11-13,17H,7-10H2,1H3. The summed E-state index contributed by atoms with van der Waals surface area (Å²) in [7, 11) is 1.98. The van der Waals surface area contributed by atoms with E-state index in [9.17, 15) is 4.79 Å². The number of hydrogen-bond acceptors (Lipinski definition) is 3. The van der Waals surface area contributed by atoms with E-state index >= 15 is 0 Å². The molecule has 3 rings (SSSR count). The van der Waals surface area contributed by atoms with Crippen LogP contribution < -0.4 is 5.32 Å². The summed E-state index contributed by atoms with van der Waals surface area (Å²) in [5.74, 6) is 0.0610. The van der Waals surface area contributed by atoms with Crippen molar-refractivity contribution in [3.8, 4) is 5.69 Å². The van der Waals surface area contributed by atoms with Gasteiger partial charge < -0.3 is 10.2 Å². The van der Waals surface area contributed by atoms with Gasteiger partial charge in [0.25, 0.3) is 5.91 Å². The maximum Gasteiger partial charge on any atom is 0.272 e. The third-order valence-electron chi connectivity index (χ3n) is 4.08. The van der Waals surface area contributed by atoms with Gasteiger partial charge in [0.05, 0.1) is 12.5 Å². The van der Waals surface area contributed by atoms with Crippen LogP contribution in [0.3, 0.4) is 0 Å². The van der Waals surface area contributed by atoms with Crippen LogP contribution in [0.2, 0.25) is 0 Å². The molecule has 0 atom stereocenters. The molecule has 1 aliphatic heterocycles. The molecule has 1 aromatic carbocycles. The van der Waals surface area contributed by atoms with Crippen LogP contribution in [-0.2, 0) is 0 Å². The SMILES string of the molecule is CNC1CCN(C(=O)c2cncn2-c2ccccc2)CC1. The Hall–Kier alpha value is -2.14. The summed E-state index contributed by atoms with van der Waals surface area (Å²) in [5.41, 5.74) is 1.59. The second-order valence-electron chi connectivity index (χ2n) is 5.34. The van der Waals surface area contributed by atoms with Gasteiger partial charge in [-0.25, -0.2) is 4.98 Å². The molecule has 1 amide bonds. The Morgan fingerprint density at radius 2 is 1.95 bits per heavy atom. The van der Waals surface area contributed by atoms with Crippen LogP contribution in [0.4, 0.5) is 0 Å². The molecule has 0 bridgehead atoms. The summed E-state index contributed by atoms with van der Waals surface area (Å²) in [6.45, 7) is 1.59. The highest BCUT2D eigenvalue weighted by Crippen LogP contribution is 2.16. The lowest BCUT2D eigenvalue weighted by Gasteiger charge is -2.31. The van der Waals surface area contributed by atoms with Crippen molar-refractivity contribution in [1.82, 2.24) is 19.8 Å². The van der Waals surface area contributed by atoms with Crippen LogP contribution in [0, 0.1) is 0 Å². The lowest BCUT2D eigenvalue weighted by atomic mass is 10.1. The normalized spacial score (nSPS) is 16.1. The zero-order valence-corrected chi connectivity index (χ0v) is 12.2. The number of carbonyl (C=O) groups is 1. The van der Waals surface area contributed by atoms with E-state index in [0.717, 1.165) is 31.6 Å². The third kappa shape index (κ3) is 2.83. The summed E-state index contributed by atoms with van der Waals surface area (Å²) < 4.78 is 1.85. The van der Waals surface area contributed by atoms with Crippen LogP contribution in [-0.4, -0.2) is 46.5 Å². The summed E-state index contributed by atoms with van der Waals surface area (Å²) in [6.07, 6.45) is 5.35. The minimum atomic E-state index is 0.0610. The number of benzene rings is 1. The van der Waals surface area contributed by atoms with Crippen LogP contribution in [0.1, 0.15) is 23.3 Å². The Bertz CT molecular complexity index is 600. The van der Waals surface area contributed by atoms with E-state index in [0.29, 0.717) is 11.7 Å². The van der Waals surface area contributed by atoms with E-state index in [1.807, 2.05) is 46.8 Å². The van der Waals surface area contributed by atoms with Gasteiger partial charge in [0, 0.05) is 24.8 Å². The van der Waals surface area contributed by atoms with Crippen molar-refractivity contribution < 1.29 is 4.79 Å². The van der Waals surface area contributed by atoms with E-state index < -0.39 is 0 Å². The van der Waals surface area contributed by atoms with Crippen molar-refractivity contribution in [1.29, 1.82) is 0 Å². The number of hydrogen-bond donors (Lipinski definition) is 1. The molecule has 5 heteroatoms. The quantitative estimate of drug-likeness (QED) is 0.933. The summed E-state index contributed by atoms with van der Waals surface area (Å²) in [5, 5.41) is 3.28. The zero-order chi connectivity index (χ0) is 14.7. The Morgan fingerprint density at radius 3 is 2.62 bits per heavy atom. The molecule has 0 spiro atoms. The third-order valence-corrected chi connectivity index (χ3v) is 4.08. The number of nitrogens with one attached hydrogen (secondary N) is 1. The second-order valence-corrected chi connectivity index (χ2v) is 5.34. The second kappa shape index (κ2) is 6.10. The van der Waals surface area contributed by atoms with Gasteiger partial charge in [-0.2, -0.15) is 0 Å². The fourth-order valence-electron chi connectivity index (χ4n) is 2.78. The molecule has 1 aliphatic rings. The lowest BCUT2D eigenvalue weighted by Crippen LogP contribution is -2.44. The van der Waals surface area contributed by atoms with E-state index in [1.165, 1.54) is 0 Å². The molecule has 21 heavy (non-hydrogen) atoms. The minimum absolute atomic E-state index is 0.0610. The molecular weight excluding hydrogens is 264 g/mol. The highest BCUT2D eigenvalue weighted by atomic mass is 16.2. The van der Waals surface area contributed by atoms with Crippen molar-refractivity contribution in [3.63, 3.8) is 0 Å². The van der Waals surface area contributed by atoms with Gasteiger partial charge in [-0.3, -0.25) is 9.36 Å². The van der Waals surface area contributed by atoms with Gasteiger partial charge in [0.1, 0.15) is 5.69 Å². The van der Waals surface area contributed by atoms with Crippen molar-refractivity contribution in [2.24, 2.45) is 0 Å². The largest absolute Gasteiger partial charge is 0.337 e. The number of piperidine rings is 1. The first-order chi connectivity index (χ1) is 10.3. The Morgan fingerprint density at radius 1 is 1.24 bits per heavy atom. The predicted molar refractivity (Wildman–Crippen MR) is 81.5 cm³/mol. The zero-order valence-electron chi connectivity index (χ0n) is 12.2. The van der Waals surface area contributed by atoms with Gasteiger partial charge in [-0.1, -0.05) is 18.2 Å². The fraction of sp³-hybridized carbons (Fsp3) is 0.375. The number of para-hydroxylation sites is 1.